The minimum atomic E-state index is -0.868. The summed E-state index contributed by atoms with van der Waals surface area (Å²) in [6.07, 6.45) is 1.90. The van der Waals surface area contributed by atoms with Gasteiger partial charge in [0.2, 0.25) is 0 Å². The number of hydrogen-bond donors (Lipinski definition) is 1. The fraction of sp³-hybridized carbons (Fsp3) is 0.650. The summed E-state index contributed by atoms with van der Waals surface area (Å²) in [5.74, 6) is 1.80. The van der Waals surface area contributed by atoms with Crippen molar-refractivity contribution in [1.82, 2.24) is 0 Å². The fourth-order valence-electron chi connectivity index (χ4n) is 2.86. The van der Waals surface area contributed by atoms with E-state index in [1.165, 1.54) is 18.4 Å². The van der Waals surface area contributed by atoms with Gasteiger partial charge in [0.1, 0.15) is 5.75 Å². The molecule has 136 valence electrons. The number of carboxylic acid groups (broad SMARTS) is 1. The van der Waals surface area contributed by atoms with Gasteiger partial charge in [0.25, 0.3) is 0 Å². The van der Waals surface area contributed by atoms with Crippen LogP contribution in [0.15, 0.2) is 24.3 Å². The lowest BCUT2D eigenvalue weighted by atomic mass is 9.84. The molecule has 0 aromatic heterocycles. The van der Waals surface area contributed by atoms with E-state index >= 15 is 0 Å². The van der Waals surface area contributed by atoms with Crippen LogP contribution in [-0.2, 0) is 9.53 Å². The Labute approximate surface area is 146 Å². The van der Waals surface area contributed by atoms with Crippen LogP contribution in [0.1, 0.15) is 65.4 Å². The quantitative estimate of drug-likeness (QED) is 0.573. The molecule has 0 aliphatic rings. The lowest BCUT2D eigenvalue weighted by molar-refractivity contribution is -0.140. The molecule has 0 saturated heterocycles. The van der Waals surface area contributed by atoms with E-state index in [1.807, 2.05) is 12.1 Å². The third-order valence-electron chi connectivity index (χ3n) is 3.83. The van der Waals surface area contributed by atoms with Gasteiger partial charge < -0.3 is 14.6 Å². The van der Waals surface area contributed by atoms with Crippen molar-refractivity contribution in [2.75, 3.05) is 6.61 Å². The van der Waals surface area contributed by atoms with Gasteiger partial charge in [0, 0.05) is 0 Å². The van der Waals surface area contributed by atoms with E-state index < -0.39 is 12.3 Å². The number of hydrogen-bond acceptors (Lipinski definition) is 3. The highest BCUT2D eigenvalue weighted by atomic mass is 16.7. The van der Waals surface area contributed by atoms with Gasteiger partial charge in [-0.3, -0.25) is 4.79 Å². The molecule has 0 fully saturated rings. The molecule has 0 radical (unpaired) electrons. The van der Waals surface area contributed by atoms with Crippen LogP contribution in [0, 0.1) is 11.8 Å². The van der Waals surface area contributed by atoms with E-state index in [4.69, 9.17) is 14.6 Å². The number of aliphatic carboxylic acids is 1. The van der Waals surface area contributed by atoms with Crippen molar-refractivity contribution >= 4 is 5.97 Å². The minimum absolute atomic E-state index is 0.0152. The normalized spacial score (nSPS) is 12.8. The minimum Gasteiger partial charge on any atom is -0.481 e. The van der Waals surface area contributed by atoms with Crippen molar-refractivity contribution in [3.8, 4) is 5.75 Å². The molecule has 0 amide bonds. The molecule has 4 nitrogen and oxygen atoms in total. The van der Waals surface area contributed by atoms with Crippen LogP contribution in [0.5, 0.6) is 5.75 Å². The Morgan fingerprint density at radius 3 is 2.00 bits per heavy atom. The summed E-state index contributed by atoms with van der Waals surface area (Å²) in [5, 5.41) is 8.60. The standard InChI is InChI=1S/C20H32O4/c1-14(2)12-18(13-15(3)4)17-6-8-19(9-7-17)24-16(5)23-11-10-20(21)22/h6-9,14-16,18H,10-13H2,1-5H3,(H,21,22). The Bertz CT molecular complexity index is 469. The molecule has 24 heavy (non-hydrogen) atoms. The van der Waals surface area contributed by atoms with Gasteiger partial charge in [-0.15, -0.1) is 0 Å². The third kappa shape index (κ3) is 8.34. The molecule has 1 rings (SSSR count). The van der Waals surface area contributed by atoms with Crippen LogP contribution < -0.4 is 4.74 Å². The Morgan fingerprint density at radius 2 is 1.54 bits per heavy atom. The summed E-state index contributed by atoms with van der Waals surface area (Å²) in [5.41, 5.74) is 1.35. The van der Waals surface area contributed by atoms with Gasteiger partial charge in [-0.25, -0.2) is 0 Å². The lowest BCUT2D eigenvalue weighted by Crippen LogP contribution is -2.18. The van der Waals surface area contributed by atoms with Gasteiger partial charge in [-0.2, -0.15) is 0 Å². The predicted molar refractivity (Wildman–Crippen MR) is 96.4 cm³/mol. The Balaban J connectivity index is 2.60. The number of carboxylic acids is 1. The van der Waals surface area contributed by atoms with Crippen molar-refractivity contribution < 1.29 is 19.4 Å². The molecule has 1 aromatic rings. The zero-order valence-electron chi connectivity index (χ0n) is 15.6. The number of ether oxygens (including phenoxy) is 2. The van der Waals surface area contributed by atoms with Crippen molar-refractivity contribution in [3.05, 3.63) is 29.8 Å². The molecule has 0 aliphatic carbocycles. The van der Waals surface area contributed by atoms with Gasteiger partial charge in [0.15, 0.2) is 6.29 Å². The lowest BCUT2D eigenvalue weighted by Gasteiger charge is -2.22. The second-order valence-electron chi connectivity index (χ2n) is 7.23. The van der Waals surface area contributed by atoms with Crippen LogP contribution in [0.25, 0.3) is 0 Å². The summed E-state index contributed by atoms with van der Waals surface area (Å²) in [6.45, 7) is 11.0. The van der Waals surface area contributed by atoms with Crippen LogP contribution >= 0.6 is 0 Å². The van der Waals surface area contributed by atoms with E-state index in [-0.39, 0.29) is 13.0 Å². The first-order valence-electron chi connectivity index (χ1n) is 8.88. The van der Waals surface area contributed by atoms with Gasteiger partial charge in [-0.05, 0) is 55.2 Å². The third-order valence-corrected chi connectivity index (χ3v) is 3.83. The molecule has 1 aromatic carbocycles. The molecule has 0 saturated carbocycles. The van der Waals surface area contributed by atoms with E-state index in [2.05, 4.69) is 39.8 Å². The maximum atomic E-state index is 10.5. The van der Waals surface area contributed by atoms with Gasteiger partial charge in [-0.1, -0.05) is 39.8 Å². The van der Waals surface area contributed by atoms with E-state index in [9.17, 15) is 4.79 Å². The predicted octanol–water partition coefficient (Wildman–Crippen LogP) is 5.08. The van der Waals surface area contributed by atoms with Crippen LogP contribution in [0.3, 0.4) is 0 Å². The molecular weight excluding hydrogens is 304 g/mol. The number of benzene rings is 1. The molecule has 1 unspecified atom stereocenters. The van der Waals surface area contributed by atoms with Crippen molar-refractivity contribution in [1.29, 1.82) is 0 Å². The first kappa shape index (κ1) is 20.5. The van der Waals surface area contributed by atoms with Gasteiger partial charge in [0.05, 0.1) is 13.0 Å². The van der Waals surface area contributed by atoms with Crippen molar-refractivity contribution in [3.63, 3.8) is 0 Å². The van der Waals surface area contributed by atoms with Crippen LogP contribution in [-0.4, -0.2) is 24.0 Å². The summed E-state index contributed by atoms with van der Waals surface area (Å²) in [6, 6.07) is 8.21. The number of rotatable bonds is 11. The molecule has 4 heteroatoms. The topological polar surface area (TPSA) is 55.8 Å². The van der Waals surface area contributed by atoms with Gasteiger partial charge >= 0.3 is 5.97 Å². The smallest absolute Gasteiger partial charge is 0.305 e. The monoisotopic (exact) mass is 336 g/mol. The first-order chi connectivity index (χ1) is 11.3. The van der Waals surface area contributed by atoms with E-state index in [0.717, 1.165) is 5.75 Å². The zero-order chi connectivity index (χ0) is 18.1. The summed E-state index contributed by atoms with van der Waals surface area (Å²) in [7, 11) is 0. The molecule has 0 aliphatic heterocycles. The highest BCUT2D eigenvalue weighted by Crippen LogP contribution is 2.31. The first-order valence-corrected chi connectivity index (χ1v) is 8.88. The molecular formula is C20H32O4. The maximum Gasteiger partial charge on any atom is 0.305 e. The van der Waals surface area contributed by atoms with Crippen LogP contribution in [0.2, 0.25) is 0 Å². The second kappa shape index (κ2) is 10.3. The maximum absolute atomic E-state index is 10.5. The average molecular weight is 336 g/mol. The largest absolute Gasteiger partial charge is 0.481 e. The second-order valence-corrected chi connectivity index (χ2v) is 7.23. The zero-order valence-corrected chi connectivity index (χ0v) is 15.6. The highest BCUT2D eigenvalue weighted by Gasteiger charge is 2.15. The Kier molecular flexibility index (Phi) is 8.83. The van der Waals surface area contributed by atoms with Crippen molar-refractivity contribution in [2.24, 2.45) is 11.8 Å². The fourth-order valence-corrected chi connectivity index (χ4v) is 2.86. The number of carbonyl (C=O) groups is 1. The summed E-state index contributed by atoms with van der Waals surface area (Å²) >= 11 is 0. The summed E-state index contributed by atoms with van der Waals surface area (Å²) < 4.78 is 11.0. The Hall–Kier alpha value is -1.55. The Morgan fingerprint density at radius 1 is 1.00 bits per heavy atom. The average Bonchev–Trinajstić information content (AvgIpc) is 2.46. The van der Waals surface area contributed by atoms with Crippen molar-refractivity contribution in [2.45, 2.75) is 66.1 Å². The molecule has 1 atom stereocenters. The summed E-state index contributed by atoms with van der Waals surface area (Å²) in [4.78, 5) is 10.5. The molecule has 0 heterocycles. The molecule has 0 spiro atoms. The van der Waals surface area contributed by atoms with E-state index in [1.54, 1.807) is 6.92 Å². The molecule has 1 N–H and O–H groups in total. The SMILES string of the molecule is CC(C)CC(CC(C)C)c1ccc(OC(C)OCCC(=O)O)cc1. The van der Waals surface area contributed by atoms with E-state index in [0.29, 0.717) is 17.8 Å². The molecule has 0 bridgehead atoms. The van der Waals surface area contributed by atoms with Crippen LogP contribution in [0.4, 0.5) is 0 Å². The highest BCUT2D eigenvalue weighted by molar-refractivity contribution is 5.66.